The fourth-order valence-corrected chi connectivity index (χ4v) is 5.91. The number of ether oxygens (including phenoxy) is 2. The maximum Gasteiger partial charge on any atom is 0.243 e. The van der Waals surface area contributed by atoms with Gasteiger partial charge in [-0.1, -0.05) is 41.3 Å². The molecule has 1 aliphatic carbocycles. The van der Waals surface area contributed by atoms with Gasteiger partial charge in [0.1, 0.15) is 11.5 Å². The molecule has 0 radical (unpaired) electrons. The second-order valence-electron chi connectivity index (χ2n) is 7.71. The molecule has 1 saturated carbocycles. The molecule has 1 amide bonds. The van der Waals surface area contributed by atoms with E-state index in [0.29, 0.717) is 17.1 Å². The van der Waals surface area contributed by atoms with Gasteiger partial charge in [-0.05, 0) is 49.2 Å². The zero-order valence-electron chi connectivity index (χ0n) is 18.3. The Balaban J connectivity index is 1.79. The average Bonchev–Trinajstić information content (AvgIpc) is 2.81. The number of benzene rings is 2. The highest BCUT2D eigenvalue weighted by Crippen LogP contribution is 2.29. The summed E-state index contributed by atoms with van der Waals surface area (Å²) < 4.78 is 39.8. The van der Waals surface area contributed by atoms with E-state index >= 15 is 0 Å². The molecule has 1 N–H and O–H groups in total. The van der Waals surface area contributed by atoms with Gasteiger partial charge in [0.05, 0.1) is 37.8 Å². The molecule has 0 aliphatic heterocycles. The predicted molar refractivity (Wildman–Crippen MR) is 126 cm³/mol. The maximum atomic E-state index is 13.4. The van der Waals surface area contributed by atoms with Gasteiger partial charge in [0.25, 0.3) is 0 Å². The molecule has 0 bridgehead atoms. The number of amides is 1. The number of sulfonamides is 1. The first-order valence-corrected chi connectivity index (χ1v) is 12.8. The molecule has 3 rings (SSSR count). The summed E-state index contributed by atoms with van der Waals surface area (Å²) in [6.07, 6.45) is 4.50. The van der Waals surface area contributed by atoms with Gasteiger partial charge in [-0.15, -0.1) is 0 Å². The lowest BCUT2D eigenvalue weighted by molar-refractivity contribution is -0.121. The summed E-state index contributed by atoms with van der Waals surface area (Å²) in [6.45, 7) is -0.0661. The van der Waals surface area contributed by atoms with Crippen LogP contribution in [0.15, 0.2) is 51.8 Å². The number of nitrogens with one attached hydrogen (secondary N) is 1. The Bertz CT molecular complexity index is 999. The van der Waals surface area contributed by atoms with Gasteiger partial charge < -0.3 is 14.8 Å². The molecule has 0 saturated heterocycles. The molecule has 174 valence electrons. The summed E-state index contributed by atoms with van der Waals surface area (Å²) in [5, 5.41) is 2.84. The highest BCUT2D eigenvalue weighted by Gasteiger charge is 2.34. The number of hydrogen-bond donors (Lipinski definition) is 1. The van der Waals surface area contributed by atoms with E-state index in [1.165, 1.54) is 4.31 Å². The van der Waals surface area contributed by atoms with Crippen LogP contribution in [0.25, 0.3) is 0 Å². The van der Waals surface area contributed by atoms with Crippen molar-refractivity contribution in [2.24, 2.45) is 0 Å². The van der Waals surface area contributed by atoms with Crippen LogP contribution >= 0.6 is 15.9 Å². The first-order valence-electron chi connectivity index (χ1n) is 10.6. The van der Waals surface area contributed by atoms with Crippen LogP contribution in [0.3, 0.4) is 0 Å². The molecule has 2 aromatic carbocycles. The standard InChI is InChI=1S/C23H29BrN2O5S/c1-30-21-9-6-10-22(31-2)20(21)15-25-23(27)16-26(18-7-4-3-5-8-18)32(28,29)19-13-11-17(24)12-14-19/h6,9-14,18H,3-5,7-8,15-16H2,1-2H3,(H,25,27). The molecule has 2 aromatic rings. The van der Waals surface area contributed by atoms with Crippen molar-refractivity contribution < 1.29 is 22.7 Å². The van der Waals surface area contributed by atoms with E-state index in [-0.39, 0.29) is 29.9 Å². The predicted octanol–water partition coefficient (Wildman–Crippen LogP) is 4.11. The third kappa shape index (κ3) is 5.82. The van der Waals surface area contributed by atoms with Crippen LogP contribution < -0.4 is 14.8 Å². The van der Waals surface area contributed by atoms with Gasteiger partial charge in [0.15, 0.2) is 0 Å². The van der Waals surface area contributed by atoms with E-state index < -0.39 is 10.0 Å². The van der Waals surface area contributed by atoms with Crippen LogP contribution in [0, 0.1) is 0 Å². The zero-order valence-corrected chi connectivity index (χ0v) is 20.7. The minimum absolute atomic E-state index is 0.170. The summed E-state index contributed by atoms with van der Waals surface area (Å²) >= 11 is 3.34. The van der Waals surface area contributed by atoms with Gasteiger partial charge in [0.2, 0.25) is 15.9 Å². The second-order valence-corrected chi connectivity index (χ2v) is 10.5. The topological polar surface area (TPSA) is 84.9 Å². The fraction of sp³-hybridized carbons (Fsp3) is 0.435. The normalized spacial score (nSPS) is 14.9. The van der Waals surface area contributed by atoms with Gasteiger partial charge in [-0.2, -0.15) is 4.31 Å². The van der Waals surface area contributed by atoms with E-state index in [1.54, 1.807) is 56.7 Å². The minimum Gasteiger partial charge on any atom is -0.496 e. The van der Waals surface area contributed by atoms with Crippen LogP contribution in [-0.2, 0) is 21.4 Å². The van der Waals surface area contributed by atoms with Gasteiger partial charge in [0, 0.05) is 10.5 Å². The molecule has 1 fully saturated rings. The summed E-state index contributed by atoms with van der Waals surface area (Å²) in [6, 6.07) is 11.7. The molecule has 0 aromatic heterocycles. The Hall–Kier alpha value is -2.10. The van der Waals surface area contributed by atoms with Crippen LogP contribution in [-0.4, -0.2) is 45.4 Å². The molecule has 7 nitrogen and oxygen atoms in total. The van der Waals surface area contributed by atoms with Crippen molar-refractivity contribution in [2.45, 2.75) is 49.6 Å². The van der Waals surface area contributed by atoms with Crippen LogP contribution in [0.4, 0.5) is 0 Å². The van der Waals surface area contributed by atoms with E-state index in [1.807, 2.05) is 0 Å². The van der Waals surface area contributed by atoms with Crippen molar-refractivity contribution >= 4 is 31.9 Å². The molecule has 1 aliphatic rings. The first kappa shape index (κ1) is 24.5. The highest BCUT2D eigenvalue weighted by molar-refractivity contribution is 9.10. The summed E-state index contributed by atoms with van der Waals surface area (Å²) in [7, 11) is -0.716. The zero-order chi connectivity index (χ0) is 23.1. The van der Waals surface area contributed by atoms with Crippen LogP contribution in [0.5, 0.6) is 11.5 Å². The molecule has 0 heterocycles. The summed E-state index contributed by atoms with van der Waals surface area (Å²) in [4.78, 5) is 13.1. The average molecular weight is 525 g/mol. The number of halogens is 1. The smallest absolute Gasteiger partial charge is 0.243 e. The van der Waals surface area contributed by atoms with E-state index in [2.05, 4.69) is 21.2 Å². The van der Waals surface area contributed by atoms with Crippen LogP contribution in [0.1, 0.15) is 37.7 Å². The molecular formula is C23H29BrN2O5S. The third-order valence-corrected chi connectivity index (χ3v) is 8.14. The SMILES string of the molecule is COc1cccc(OC)c1CNC(=O)CN(C1CCCCC1)S(=O)(=O)c1ccc(Br)cc1. The van der Waals surface area contributed by atoms with Crippen molar-refractivity contribution in [3.8, 4) is 11.5 Å². The lowest BCUT2D eigenvalue weighted by atomic mass is 9.95. The first-order chi connectivity index (χ1) is 15.4. The Morgan fingerprint density at radius 3 is 2.19 bits per heavy atom. The summed E-state index contributed by atoms with van der Waals surface area (Å²) in [5.74, 6) is 0.816. The lowest BCUT2D eigenvalue weighted by Crippen LogP contribution is -2.46. The Morgan fingerprint density at radius 1 is 1.03 bits per heavy atom. The van der Waals surface area contributed by atoms with Crippen molar-refractivity contribution in [3.63, 3.8) is 0 Å². The lowest BCUT2D eigenvalue weighted by Gasteiger charge is -2.33. The van der Waals surface area contributed by atoms with Crippen molar-refractivity contribution in [2.75, 3.05) is 20.8 Å². The molecule has 32 heavy (non-hydrogen) atoms. The van der Waals surface area contributed by atoms with Crippen LogP contribution in [0.2, 0.25) is 0 Å². The Morgan fingerprint density at radius 2 is 1.62 bits per heavy atom. The van der Waals surface area contributed by atoms with E-state index in [4.69, 9.17) is 9.47 Å². The number of carbonyl (C=O) groups is 1. The minimum atomic E-state index is -3.82. The number of carbonyl (C=O) groups excluding carboxylic acids is 1. The van der Waals surface area contributed by atoms with Crippen molar-refractivity contribution in [3.05, 3.63) is 52.5 Å². The highest BCUT2D eigenvalue weighted by atomic mass is 79.9. The molecule has 0 unspecified atom stereocenters. The molecule has 0 spiro atoms. The molecule has 9 heteroatoms. The van der Waals surface area contributed by atoms with Gasteiger partial charge in [-0.3, -0.25) is 4.79 Å². The Kier molecular flexibility index (Phi) is 8.56. The number of nitrogens with zero attached hydrogens (tertiary/aromatic N) is 1. The van der Waals surface area contributed by atoms with Gasteiger partial charge in [-0.25, -0.2) is 8.42 Å². The summed E-state index contributed by atoms with van der Waals surface area (Å²) in [5.41, 5.74) is 0.700. The molecule has 0 atom stereocenters. The van der Waals surface area contributed by atoms with Gasteiger partial charge >= 0.3 is 0 Å². The second kappa shape index (κ2) is 11.2. The number of methoxy groups -OCH3 is 2. The largest absolute Gasteiger partial charge is 0.496 e. The van der Waals surface area contributed by atoms with E-state index in [9.17, 15) is 13.2 Å². The number of hydrogen-bond acceptors (Lipinski definition) is 5. The quantitative estimate of drug-likeness (QED) is 0.533. The van der Waals surface area contributed by atoms with Crippen molar-refractivity contribution in [1.29, 1.82) is 0 Å². The Labute approximate surface area is 198 Å². The number of rotatable bonds is 9. The monoisotopic (exact) mass is 524 g/mol. The van der Waals surface area contributed by atoms with E-state index in [0.717, 1.165) is 36.6 Å². The molecular weight excluding hydrogens is 496 g/mol. The third-order valence-electron chi connectivity index (χ3n) is 5.69. The maximum absolute atomic E-state index is 13.4. The van der Waals surface area contributed by atoms with Crippen molar-refractivity contribution in [1.82, 2.24) is 9.62 Å². The fourth-order valence-electron chi connectivity index (χ4n) is 4.01.